The molecule has 1 rings (SSSR count). The van der Waals surface area contributed by atoms with E-state index in [1.807, 2.05) is 0 Å². The molecular formula is C4H4O2S. The molecule has 0 spiro atoms. The van der Waals surface area contributed by atoms with Crippen molar-refractivity contribution in [3.63, 3.8) is 0 Å². The molecule has 38 valence electrons. The van der Waals surface area contributed by atoms with Gasteiger partial charge in [0.05, 0.1) is 0 Å². The van der Waals surface area contributed by atoms with Gasteiger partial charge in [0.2, 0.25) is 0 Å². The van der Waals surface area contributed by atoms with Crippen LogP contribution >= 0.6 is 11.3 Å². The van der Waals surface area contributed by atoms with Crippen molar-refractivity contribution < 1.29 is 10.2 Å². The number of aromatic hydroxyl groups is 2. The van der Waals surface area contributed by atoms with Gasteiger partial charge in [-0.15, -0.1) is 0 Å². The van der Waals surface area contributed by atoms with Crippen molar-refractivity contribution in [3.05, 3.63) is 12.1 Å². The molecule has 0 saturated heterocycles. The Morgan fingerprint density at radius 3 is 1.71 bits per heavy atom. The molecule has 0 amide bonds. The van der Waals surface area contributed by atoms with E-state index in [2.05, 4.69) is 0 Å². The van der Waals surface area contributed by atoms with Crippen LogP contribution in [0.4, 0.5) is 0 Å². The van der Waals surface area contributed by atoms with Crippen molar-refractivity contribution in [1.82, 2.24) is 0 Å². The summed E-state index contributed by atoms with van der Waals surface area (Å²) in [6.45, 7) is 0. The summed E-state index contributed by atoms with van der Waals surface area (Å²) in [5, 5.41) is 17.3. The smallest absolute Gasteiger partial charge is 0.174 e. The van der Waals surface area contributed by atoms with E-state index in [0.717, 1.165) is 11.3 Å². The fourth-order valence-corrected chi connectivity index (χ4v) is 0.804. The zero-order valence-electron chi connectivity index (χ0n) is 3.46. The average Bonchev–Trinajstić information content (AvgIpc) is 1.87. The van der Waals surface area contributed by atoms with Crippen LogP contribution in [-0.2, 0) is 0 Å². The minimum Gasteiger partial charge on any atom is -0.499 e. The van der Waals surface area contributed by atoms with Crippen LogP contribution in [0.5, 0.6) is 10.1 Å². The van der Waals surface area contributed by atoms with Gasteiger partial charge in [0.15, 0.2) is 10.1 Å². The van der Waals surface area contributed by atoms with Gasteiger partial charge in [-0.3, -0.25) is 0 Å². The van der Waals surface area contributed by atoms with E-state index >= 15 is 0 Å². The van der Waals surface area contributed by atoms with Gasteiger partial charge in [-0.2, -0.15) is 0 Å². The van der Waals surface area contributed by atoms with Crippen LogP contribution in [0.1, 0.15) is 0 Å². The highest BCUT2D eigenvalue weighted by atomic mass is 32.1. The molecule has 0 aliphatic heterocycles. The standard InChI is InChI=1S/C4H4O2S/c5-3-1-2-4(6)7-3/h1-2,5-6H. The molecule has 1 heterocycles. The number of thiophene rings is 1. The molecule has 0 fully saturated rings. The highest BCUT2D eigenvalue weighted by Gasteiger charge is 1.89. The van der Waals surface area contributed by atoms with Crippen LogP contribution in [0.3, 0.4) is 0 Å². The number of hydrogen-bond donors (Lipinski definition) is 2. The molecule has 7 heavy (non-hydrogen) atoms. The van der Waals surface area contributed by atoms with E-state index in [1.165, 1.54) is 12.1 Å². The second-order valence-corrected chi connectivity index (χ2v) is 2.15. The van der Waals surface area contributed by atoms with Crippen molar-refractivity contribution in [1.29, 1.82) is 0 Å². The first-order valence-electron chi connectivity index (χ1n) is 1.77. The lowest BCUT2D eigenvalue weighted by molar-refractivity contribution is 0.488. The van der Waals surface area contributed by atoms with Gasteiger partial charge < -0.3 is 10.2 Å². The third-order valence-corrected chi connectivity index (χ3v) is 1.27. The molecule has 1 aromatic heterocycles. The highest BCUT2D eigenvalue weighted by molar-refractivity contribution is 7.15. The van der Waals surface area contributed by atoms with Crippen LogP contribution in [0.2, 0.25) is 0 Å². The van der Waals surface area contributed by atoms with Gasteiger partial charge in [0.25, 0.3) is 0 Å². The second-order valence-electron chi connectivity index (χ2n) is 1.11. The lowest BCUT2D eigenvalue weighted by Crippen LogP contribution is -1.35. The van der Waals surface area contributed by atoms with Gasteiger partial charge >= 0.3 is 0 Å². The molecule has 2 nitrogen and oxygen atoms in total. The quantitative estimate of drug-likeness (QED) is 0.534. The normalized spacial score (nSPS) is 9.14. The molecule has 0 radical (unpaired) electrons. The van der Waals surface area contributed by atoms with E-state index in [4.69, 9.17) is 10.2 Å². The minimum absolute atomic E-state index is 0.150. The maximum atomic E-state index is 8.51. The third-order valence-electron chi connectivity index (χ3n) is 0.578. The van der Waals surface area contributed by atoms with E-state index < -0.39 is 0 Å². The Kier molecular flexibility index (Phi) is 0.906. The highest BCUT2D eigenvalue weighted by Crippen LogP contribution is 2.27. The van der Waals surface area contributed by atoms with Crippen LogP contribution in [0.15, 0.2) is 12.1 Å². The Morgan fingerprint density at radius 1 is 1.14 bits per heavy atom. The Labute approximate surface area is 44.7 Å². The number of hydrogen-bond acceptors (Lipinski definition) is 3. The van der Waals surface area contributed by atoms with Crippen LogP contribution in [-0.4, -0.2) is 10.2 Å². The zero-order valence-corrected chi connectivity index (χ0v) is 4.27. The van der Waals surface area contributed by atoms with Gasteiger partial charge in [0, 0.05) is 0 Å². The lowest BCUT2D eigenvalue weighted by atomic mass is 10.6. The van der Waals surface area contributed by atoms with Crippen molar-refractivity contribution >= 4 is 11.3 Å². The molecule has 0 saturated carbocycles. The largest absolute Gasteiger partial charge is 0.499 e. The monoisotopic (exact) mass is 116 g/mol. The molecule has 0 aliphatic carbocycles. The van der Waals surface area contributed by atoms with Crippen LogP contribution in [0, 0.1) is 0 Å². The first kappa shape index (κ1) is 4.46. The predicted molar refractivity (Wildman–Crippen MR) is 27.6 cm³/mol. The van der Waals surface area contributed by atoms with Crippen molar-refractivity contribution in [2.75, 3.05) is 0 Å². The maximum Gasteiger partial charge on any atom is 0.174 e. The summed E-state index contributed by atoms with van der Waals surface area (Å²) in [6.07, 6.45) is 0. The van der Waals surface area contributed by atoms with Crippen molar-refractivity contribution in [3.8, 4) is 10.1 Å². The molecule has 1 aromatic rings. The first-order chi connectivity index (χ1) is 3.29. The molecule has 0 unspecified atom stereocenters. The SMILES string of the molecule is Oc1ccc(O)s1. The van der Waals surface area contributed by atoms with E-state index in [0.29, 0.717) is 0 Å². The Hall–Kier alpha value is -0.700. The fourth-order valence-electron chi connectivity index (χ4n) is 0.318. The van der Waals surface area contributed by atoms with Gasteiger partial charge in [0.1, 0.15) is 0 Å². The summed E-state index contributed by atoms with van der Waals surface area (Å²) in [7, 11) is 0. The summed E-state index contributed by atoms with van der Waals surface area (Å²) < 4.78 is 0. The molecule has 0 aromatic carbocycles. The summed E-state index contributed by atoms with van der Waals surface area (Å²) in [6, 6.07) is 2.89. The van der Waals surface area contributed by atoms with E-state index in [1.54, 1.807) is 0 Å². The third kappa shape index (κ3) is 0.838. The van der Waals surface area contributed by atoms with Crippen LogP contribution < -0.4 is 0 Å². The second kappa shape index (κ2) is 1.42. The summed E-state index contributed by atoms with van der Waals surface area (Å²) >= 11 is 0.954. The molecule has 0 aliphatic rings. The van der Waals surface area contributed by atoms with Crippen molar-refractivity contribution in [2.24, 2.45) is 0 Å². The molecule has 2 N–H and O–H groups in total. The first-order valence-corrected chi connectivity index (χ1v) is 2.58. The number of rotatable bonds is 0. The Morgan fingerprint density at radius 2 is 1.57 bits per heavy atom. The van der Waals surface area contributed by atoms with Gasteiger partial charge in [-0.1, -0.05) is 11.3 Å². The summed E-state index contributed by atoms with van der Waals surface area (Å²) in [5.74, 6) is 0. The lowest BCUT2D eigenvalue weighted by Gasteiger charge is -1.72. The zero-order chi connectivity index (χ0) is 5.28. The maximum absolute atomic E-state index is 8.51. The molecule has 0 atom stereocenters. The molecule has 3 heteroatoms. The van der Waals surface area contributed by atoms with Crippen molar-refractivity contribution in [2.45, 2.75) is 0 Å². The summed E-state index contributed by atoms with van der Waals surface area (Å²) in [4.78, 5) is 0. The van der Waals surface area contributed by atoms with Crippen LogP contribution in [0.25, 0.3) is 0 Å². The minimum atomic E-state index is 0.150. The van der Waals surface area contributed by atoms with Gasteiger partial charge in [-0.25, -0.2) is 0 Å². The summed E-state index contributed by atoms with van der Waals surface area (Å²) in [5.41, 5.74) is 0. The van der Waals surface area contributed by atoms with E-state index in [9.17, 15) is 0 Å². The van der Waals surface area contributed by atoms with Gasteiger partial charge in [-0.05, 0) is 12.1 Å². The average molecular weight is 116 g/mol. The fraction of sp³-hybridized carbons (Fsp3) is 0. The molecule has 0 bridgehead atoms. The molecular weight excluding hydrogens is 112 g/mol. The topological polar surface area (TPSA) is 40.5 Å². The Bertz CT molecular complexity index is 142. The predicted octanol–water partition coefficient (Wildman–Crippen LogP) is 1.16. The Balaban J connectivity index is 3.04. The van der Waals surface area contributed by atoms with E-state index in [-0.39, 0.29) is 10.1 Å².